The molecule has 1 fully saturated rings. The van der Waals surface area contributed by atoms with E-state index in [1.807, 2.05) is 30.8 Å². The Kier molecular flexibility index (Phi) is 10.8. The van der Waals surface area contributed by atoms with Crippen molar-refractivity contribution in [3.63, 3.8) is 0 Å². The van der Waals surface area contributed by atoms with Crippen LogP contribution in [0.25, 0.3) is 0 Å². The van der Waals surface area contributed by atoms with Crippen LogP contribution < -0.4 is 9.47 Å². The summed E-state index contributed by atoms with van der Waals surface area (Å²) in [6.07, 6.45) is 6.24. The Morgan fingerprint density at radius 1 is 0.895 bits per heavy atom. The first-order valence-electron chi connectivity index (χ1n) is 14.1. The number of benzene rings is 2. The molecule has 0 radical (unpaired) electrons. The van der Waals surface area contributed by atoms with Crippen molar-refractivity contribution in [2.75, 3.05) is 38.8 Å². The molecule has 2 aliphatic rings. The molecule has 3 unspecified atom stereocenters. The van der Waals surface area contributed by atoms with Crippen LogP contribution in [0, 0.1) is 5.92 Å². The van der Waals surface area contributed by atoms with E-state index in [0.29, 0.717) is 38.1 Å². The highest BCUT2D eigenvalue weighted by molar-refractivity contribution is 7.99. The minimum atomic E-state index is -3.82. The van der Waals surface area contributed by atoms with E-state index >= 15 is 0 Å². The molecule has 0 saturated heterocycles. The summed E-state index contributed by atoms with van der Waals surface area (Å²) in [5, 5.41) is 0.150. The smallest absolute Gasteiger partial charge is 0.297 e. The van der Waals surface area contributed by atoms with Gasteiger partial charge in [-0.3, -0.25) is 4.18 Å². The molecule has 0 aromatic heterocycles. The lowest BCUT2D eigenvalue weighted by Gasteiger charge is -2.23. The van der Waals surface area contributed by atoms with Crippen LogP contribution in [0.5, 0.6) is 11.5 Å². The number of thioether (sulfide) groups is 1. The zero-order chi connectivity index (χ0) is 27.0. The highest BCUT2D eigenvalue weighted by Crippen LogP contribution is 2.52. The van der Waals surface area contributed by atoms with Crippen LogP contribution in [0.15, 0.2) is 41.3 Å². The maximum absolute atomic E-state index is 12.7. The Morgan fingerprint density at radius 3 is 2.32 bits per heavy atom. The standard InChI is InChI=1S/C30H42O6S2/c1-4-14-34-27-18-25-24-12-9-11-23(24)21-37-29(26(25)19-28(27)35-15-5-2)20-33-16-17-36-38(31,32)30-13-8-7-10-22(30)6-3/h7-8,10,13,18-19,23-24,29H,4-6,9,11-12,14-17,20-21H2,1-3H3. The largest absolute Gasteiger partial charge is 0.490 e. The number of ether oxygens (including phenoxy) is 3. The third kappa shape index (κ3) is 7.06. The third-order valence-electron chi connectivity index (χ3n) is 7.35. The van der Waals surface area contributed by atoms with E-state index in [1.54, 1.807) is 12.1 Å². The monoisotopic (exact) mass is 562 g/mol. The Hall–Kier alpha value is -1.74. The average Bonchev–Trinajstić information content (AvgIpc) is 3.35. The lowest BCUT2D eigenvalue weighted by Crippen LogP contribution is -2.15. The Morgan fingerprint density at radius 2 is 1.61 bits per heavy atom. The summed E-state index contributed by atoms with van der Waals surface area (Å²) in [5.41, 5.74) is 3.40. The van der Waals surface area contributed by atoms with E-state index in [4.69, 9.17) is 18.4 Å². The van der Waals surface area contributed by atoms with Gasteiger partial charge in [-0.1, -0.05) is 45.4 Å². The first kappa shape index (κ1) is 29.2. The van der Waals surface area contributed by atoms with Gasteiger partial charge in [-0.05, 0) is 84.6 Å². The fourth-order valence-corrected chi connectivity index (χ4v) is 8.10. The van der Waals surface area contributed by atoms with Gasteiger partial charge in [0.1, 0.15) is 0 Å². The molecule has 210 valence electrons. The van der Waals surface area contributed by atoms with Gasteiger partial charge in [-0.25, -0.2) is 0 Å². The first-order chi connectivity index (χ1) is 18.5. The van der Waals surface area contributed by atoms with E-state index in [1.165, 1.54) is 30.4 Å². The van der Waals surface area contributed by atoms with Crippen molar-refractivity contribution in [1.29, 1.82) is 0 Å². The van der Waals surface area contributed by atoms with Crippen molar-refractivity contribution in [2.45, 2.75) is 75.4 Å². The molecule has 2 aromatic carbocycles. The number of fused-ring (bicyclic) bond motifs is 3. The second-order valence-corrected chi connectivity index (χ2v) is 12.9. The highest BCUT2D eigenvalue weighted by Gasteiger charge is 2.36. The predicted octanol–water partition coefficient (Wildman–Crippen LogP) is 6.92. The summed E-state index contributed by atoms with van der Waals surface area (Å²) >= 11 is 1.94. The number of aryl methyl sites for hydroxylation is 1. The second kappa shape index (κ2) is 14.1. The van der Waals surface area contributed by atoms with Gasteiger partial charge in [0.05, 0.1) is 43.2 Å². The minimum Gasteiger partial charge on any atom is -0.490 e. The molecule has 1 aliphatic carbocycles. The van der Waals surface area contributed by atoms with Crippen LogP contribution in [0.3, 0.4) is 0 Å². The molecule has 0 bridgehead atoms. The SMILES string of the molecule is CCCOc1cc2c(cc1OCCC)C1CCCC1CSC2COCCOS(=O)(=O)c1ccccc1CC. The lowest BCUT2D eigenvalue weighted by atomic mass is 9.86. The van der Waals surface area contributed by atoms with Crippen molar-refractivity contribution in [3.05, 3.63) is 53.1 Å². The van der Waals surface area contributed by atoms with Crippen LogP contribution in [-0.4, -0.2) is 47.2 Å². The lowest BCUT2D eigenvalue weighted by molar-refractivity contribution is 0.103. The Bertz CT molecular complexity index is 1150. The van der Waals surface area contributed by atoms with Crippen molar-refractivity contribution < 1.29 is 26.8 Å². The van der Waals surface area contributed by atoms with Gasteiger partial charge < -0.3 is 14.2 Å². The average molecular weight is 563 g/mol. The molecule has 0 spiro atoms. The maximum Gasteiger partial charge on any atom is 0.297 e. The minimum absolute atomic E-state index is 0.00939. The van der Waals surface area contributed by atoms with E-state index in [0.717, 1.165) is 35.7 Å². The normalized spacial score (nSPS) is 21.0. The van der Waals surface area contributed by atoms with Crippen molar-refractivity contribution in [3.8, 4) is 11.5 Å². The van der Waals surface area contributed by atoms with E-state index in [-0.39, 0.29) is 23.4 Å². The molecule has 6 nitrogen and oxygen atoms in total. The molecule has 0 N–H and O–H groups in total. The molecule has 0 amide bonds. The van der Waals surface area contributed by atoms with Crippen molar-refractivity contribution >= 4 is 21.9 Å². The number of hydrogen-bond acceptors (Lipinski definition) is 7. The summed E-state index contributed by atoms with van der Waals surface area (Å²) in [4.78, 5) is 0.239. The molecule has 1 heterocycles. The molecule has 1 saturated carbocycles. The molecular formula is C30H42O6S2. The van der Waals surface area contributed by atoms with Gasteiger partial charge in [0, 0.05) is 0 Å². The van der Waals surface area contributed by atoms with Crippen LogP contribution >= 0.6 is 11.8 Å². The number of hydrogen-bond donors (Lipinski definition) is 0. The molecule has 1 aliphatic heterocycles. The summed E-state index contributed by atoms with van der Waals surface area (Å²) in [6, 6.07) is 11.4. The highest BCUT2D eigenvalue weighted by atomic mass is 32.2. The molecule has 2 aromatic rings. The maximum atomic E-state index is 12.7. The molecule has 38 heavy (non-hydrogen) atoms. The van der Waals surface area contributed by atoms with Crippen LogP contribution in [0.1, 0.15) is 80.7 Å². The van der Waals surface area contributed by atoms with E-state index < -0.39 is 10.1 Å². The fraction of sp³-hybridized carbons (Fsp3) is 0.600. The molecule has 4 rings (SSSR count). The van der Waals surface area contributed by atoms with E-state index in [9.17, 15) is 8.42 Å². The third-order valence-corrected chi connectivity index (χ3v) is 10.2. The van der Waals surface area contributed by atoms with Crippen molar-refractivity contribution in [2.24, 2.45) is 5.92 Å². The molecule has 3 atom stereocenters. The Balaban J connectivity index is 1.45. The summed E-state index contributed by atoms with van der Waals surface area (Å²) in [7, 11) is -3.82. The van der Waals surface area contributed by atoms with Gasteiger partial charge in [-0.15, -0.1) is 0 Å². The number of rotatable bonds is 14. The van der Waals surface area contributed by atoms with Crippen molar-refractivity contribution in [1.82, 2.24) is 0 Å². The molecular weight excluding hydrogens is 520 g/mol. The second-order valence-electron chi connectivity index (χ2n) is 10.1. The first-order valence-corrected chi connectivity index (χ1v) is 16.5. The summed E-state index contributed by atoms with van der Waals surface area (Å²) in [6.45, 7) is 8.17. The quantitative estimate of drug-likeness (QED) is 0.183. The zero-order valence-corrected chi connectivity index (χ0v) is 24.6. The Labute approximate surface area is 232 Å². The van der Waals surface area contributed by atoms with Gasteiger partial charge in [0.25, 0.3) is 10.1 Å². The van der Waals surface area contributed by atoms with E-state index in [2.05, 4.69) is 26.0 Å². The summed E-state index contributed by atoms with van der Waals surface area (Å²) < 4.78 is 49.1. The van der Waals surface area contributed by atoms with Gasteiger partial charge in [-0.2, -0.15) is 20.2 Å². The van der Waals surface area contributed by atoms with Crippen LogP contribution in [-0.2, 0) is 25.5 Å². The van der Waals surface area contributed by atoms with Crippen LogP contribution in [0.2, 0.25) is 0 Å². The zero-order valence-electron chi connectivity index (χ0n) is 22.9. The topological polar surface area (TPSA) is 71.1 Å². The fourth-order valence-electron chi connectivity index (χ4n) is 5.45. The van der Waals surface area contributed by atoms with Crippen LogP contribution in [0.4, 0.5) is 0 Å². The molecule has 8 heteroatoms. The van der Waals surface area contributed by atoms with Gasteiger partial charge in [0.2, 0.25) is 0 Å². The van der Waals surface area contributed by atoms with Gasteiger partial charge in [0.15, 0.2) is 11.5 Å². The summed E-state index contributed by atoms with van der Waals surface area (Å²) in [5.74, 6) is 3.96. The predicted molar refractivity (Wildman–Crippen MR) is 153 cm³/mol. The van der Waals surface area contributed by atoms with Gasteiger partial charge >= 0.3 is 0 Å².